The molecule has 1 aromatic rings. The number of nitrogens with one attached hydrogen (secondary N) is 1. The van der Waals surface area contributed by atoms with Gasteiger partial charge in [-0.1, -0.05) is 6.92 Å². The third-order valence-corrected chi connectivity index (χ3v) is 4.18. The Labute approximate surface area is 129 Å². The van der Waals surface area contributed by atoms with Crippen molar-refractivity contribution in [3.63, 3.8) is 0 Å². The first kappa shape index (κ1) is 17.7. The highest BCUT2D eigenvalue weighted by Crippen LogP contribution is 2.34. The van der Waals surface area contributed by atoms with Gasteiger partial charge in [-0.3, -0.25) is 4.79 Å². The van der Waals surface area contributed by atoms with Gasteiger partial charge in [0.05, 0.1) is 12.2 Å². The van der Waals surface area contributed by atoms with Crippen molar-refractivity contribution in [2.45, 2.75) is 53.0 Å². The predicted molar refractivity (Wildman–Crippen MR) is 85.9 cm³/mol. The van der Waals surface area contributed by atoms with Crippen molar-refractivity contribution in [2.24, 2.45) is 5.73 Å². The van der Waals surface area contributed by atoms with Crippen molar-refractivity contribution in [3.8, 4) is 0 Å². The number of nitrogens with two attached hydrogens (primary N) is 1. The minimum atomic E-state index is -0.374. The Bertz CT molecular complexity index is 509. The Kier molecular flexibility index (Phi) is 6.84. The molecule has 0 radical (unpaired) electrons. The van der Waals surface area contributed by atoms with E-state index in [-0.39, 0.29) is 17.9 Å². The molecule has 1 amide bonds. The zero-order valence-corrected chi connectivity index (χ0v) is 13.9. The molecule has 1 heterocycles. The van der Waals surface area contributed by atoms with Crippen molar-refractivity contribution in [1.29, 1.82) is 0 Å². The molecule has 21 heavy (non-hydrogen) atoms. The lowest BCUT2D eigenvalue weighted by Crippen LogP contribution is -2.20. The Balaban J connectivity index is 2.95. The van der Waals surface area contributed by atoms with Crippen LogP contribution in [0.5, 0.6) is 0 Å². The van der Waals surface area contributed by atoms with Crippen molar-refractivity contribution in [1.82, 2.24) is 0 Å². The van der Waals surface area contributed by atoms with Crippen LogP contribution in [0, 0.1) is 6.92 Å². The summed E-state index contributed by atoms with van der Waals surface area (Å²) in [6, 6.07) is -0.0171. The summed E-state index contributed by atoms with van der Waals surface area (Å²) in [6.07, 6.45) is 1.69. The highest BCUT2D eigenvalue weighted by Gasteiger charge is 2.23. The molecular weight excluding hydrogens is 288 g/mol. The maximum atomic E-state index is 12.1. The average molecular weight is 312 g/mol. The molecule has 5 nitrogen and oxygen atoms in total. The number of ether oxygens (including phenoxy) is 1. The Morgan fingerprint density at radius 2 is 2.05 bits per heavy atom. The number of anilines is 1. The maximum absolute atomic E-state index is 12.1. The van der Waals surface area contributed by atoms with Gasteiger partial charge in [-0.05, 0) is 39.2 Å². The fraction of sp³-hybridized carbons (Fsp3) is 0.600. The average Bonchev–Trinajstić information content (AvgIpc) is 2.72. The van der Waals surface area contributed by atoms with E-state index in [1.165, 1.54) is 11.3 Å². The van der Waals surface area contributed by atoms with E-state index in [1.54, 1.807) is 6.92 Å². The molecule has 0 aliphatic rings. The Morgan fingerprint density at radius 3 is 2.57 bits per heavy atom. The number of carbonyl (C=O) groups excluding carboxylic acids is 2. The topological polar surface area (TPSA) is 81.4 Å². The molecule has 0 saturated heterocycles. The lowest BCUT2D eigenvalue weighted by molar-refractivity contribution is -0.116. The summed E-state index contributed by atoms with van der Waals surface area (Å²) in [6.45, 7) is 7.88. The number of aryl methyl sites for hydroxylation is 1. The fourth-order valence-corrected chi connectivity index (χ4v) is 3.21. The molecule has 1 unspecified atom stereocenters. The van der Waals surface area contributed by atoms with Gasteiger partial charge in [0.25, 0.3) is 0 Å². The molecule has 0 fully saturated rings. The third kappa shape index (κ3) is 4.82. The zero-order chi connectivity index (χ0) is 16.0. The largest absolute Gasteiger partial charge is 0.462 e. The summed E-state index contributed by atoms with van der Waals surface area (Å²) < 4.78 is 5.10. The van der Waals surface area contributed by atoms with Gasteiger partial charge in [-0.25, -0.2) is 4.79 Å². The smallest absolute Gasteiger partial charge is 0.341 e. The summed E-state index contributed by atoms with van der Waals surface area (Å²) in [4.78, 5) is 25.1. The van der Waals surface area contributed by atoms with E-state index in [0.29, 0.717) is 30.0 Å². The van der Waals surface area contributed by atoms with Crippen LogP contribution >= 0.6 is 11.3 Å². The number of rotatable bonds is 7. The molecule has 1 atom stereocenters. The van der Waals surface area contributed by atoms with Crippen molar-refractivity contribution in [2.75, 3.05) is 11.9 Å². The standard InChI is InChI=1S/C15H24N2O3S/c1-5-11-10(4)21-14(13(11)15(19)20-6-2)17-12(18)8-7-9(3)16/h9H,5-8,16H2,1-4H3,(H,17,18). The van der Waals surface area contributed by atoms with E-state index in [2.05, 4.69) is 5.32 Å². The van der Waals surface area contributed by atoms with Gasteiger partial charge in [-0.15, -0.1) is 11.3 Å². The van der Waals surface area contributed by atoms with Gasteiger partial charge in [0.2, 0.25) is 5.91 Å². The van der Waals surface area contributed by atoms with E-state index in [0.717, 1.165) is 16.9 Å². The normalized spacial score (nSPS) is 12.0. The number of thiophene rings is 1. The molecule has 0 saturated carbocycles. The summed E-state index contributed by atoms with van der Waals surface area (Å²) in [5.74, 6) is -0.497. The van der Waals surface area contributed by atoms with Crippen LogP contribution in [0.3, 0.4) is 0 Å². The Hall–Kier alpha value is -1.40. The number of esters is 1. The number of hydrogen-bond acceptors (Lipinski definition) is 5. The fourth-order valence-electron chi connectivity index (χ4n) is 2.06. The van der Waals surface area contributed by atoms with Gasteiger partial charge in [0.15, 0.2) is 0 Å². The summed E-state index contributed by atoms with van der Waals surface area (Å²) in [5, 5.41) is 3.40. The molecular formula is C15H24N2O3S. The predicted octanol–water partition coefficient (Wildman–Crippen LogP) is 2.86. The molecule has 0 aliphatic carbocycles. The van der Waals surface area contributed by atoms with E-state index < -0.39 is 0 Å². The molecule has 0 aromatic carbocycles. The molecule has 1 aromatic heterocycles. The second kappa shape index (κ2) is 8.14. The van der Waals surface area contributed by atoms with E-state index in [4.69, 9.17) is 10.5 Å². The van der Waals surface area contributed by atoms with Gasteiger partial charge in [0.1, 0.15) is 5.00 Å². The molecule has 6 heteroatoms. The van der Waals surface area contributed by atoms with Crippen LogP contribution in [0.1, 0.15) is 54.4 Å². The minimum absolute atomic E-state index is 0.0171. The first-order chi connectivity index (χ1) is 9.90. The van der Waals surface area contributed by atoms with Crippen LogP contribution in [0.4, 0.5) is 5.00 Å². The lowest BCUT2D eigenvalue weighted by atomic mass is 10.1. The lowest BCUT2D eigenvalue weighted by Gasteiger charge is -2.08. The van der Waals surface area contributed by atoms with Gasteiger partial charge >= 0.3 is 5.97 Å². The molecule has 1 rings (SSSR count). The van der Waals surface area contributed by atoms with Gasteiger partial charge in [-0.2, -0.15) is 0 Å². The second-order valence-electron chi connectivity index (χ2n) is 4.98. The monoisotopic (exact) mass is 312 g/mol. The quantitative estimate of drug-likeness (QED) is 0.759. The molecule has 118 valence electrons. The van der Waals surface area contributed by atoms with Crippen LogP contribution in [0.15, 0.2) is 0 Å². The summed E-state index contributed by atoms with van der Waals surface area (Å²) in [5.41, 5.74) is 7.09. The number of carbonyl (C=O) groups is 2. The van der Waals surface area contributed by atoms with Gasteiger partial charge < -0.3 is 15.8 Å². The Morgan fingerprint density at radius 1 is 1.38 bits per heavy atom. The van der Waals surface area contributed by atoms with Crippen LogP contribution in [0.2, 0.25) is 0 Å². The first-order valence-electron chi connectivity index (χ1n) is 7.25. The van der Waals surface area contributed by atoms with Crippen molar-refractivity contribution in [3.05, 3.63) is 16.0 Å². The summed E-state index contributed by atoms with van der Waals surface area (Å²) in [7, 11) is 0. The van der Waals surface area contributed by atoms with E-state index >= 15 is 0 Å². The van der Waals surface area contributed by atoms with E-state index in [1.807, 2.05) is 20.8 Å². The van der Waals surface area contributed by atoms with Crippen LogP contribution in [0.25, 0.3) is 0 Å². The van der Waals surface area contributed by atoms with Crippen molar-refractivity contribution < 1.29 is 14.3 Å². The van der Waals surface area contributed by atoms with Gasteiger partial charge in [0, 0.05) is 17.3 Å². The molecule has 0 spiro atoms. The molecule has 3 N–H and O–H groups in total. The number of hydrogen-bond donors (Lipinski definition) is 2. The minimum Gasteiger partial charge on any atom is -0.462 e. The SMILES string of the molecule is CCOC(=O)c1c(NC(=O)CCC(C)N)sc(C)c1CC. The van der Waals surface area contributed by atoms with Crippen LogP contribution in [-0.4, -0.2) is 24.5 Å². The first-order valence-corrected chi connectivity index (χ1v) is 8.07. The van der Waals surface area contributed by atoms with Crippen molar-refractivity contribution >= 4 is 28.2 Å². The molecule has 0 bridgehead atoms. The highest BCUT2D eigenvalue weighted by atomic mass is 32.1. The zero-order valence-electron chi connectivity index (χ0n) is 13.1. The summed E-state index contributed by atoms with van der Waals surface area (Å²) >= 11 is 1.42. The third-order valence-electron chi connectivity index (χ3n) is 3.12. The second-order valence-corrected chi connectivity index (χ2v) is 6.20. The van der Waals surface area contributed by atoms with E-state index in [9.17, 15) is 9.59 Å². The number of amides is 1. The highest BCUT2D eigenvalue weighted by molar-refractivity contribution is 7.16. The van der Waals surface area contributed by atoms with Crippen LogP contribution < -0.4 is 11.1 Å². The maximum Gasteiger partial charge on any atom is 0.341 e. The molecule has 0 aliphatic heterocycles. The van der Waals surface area contributed by atoms with Crippen LogP contribution in [-0.2, 0) is 16.0 Å².